The average Bonchev–Trinajstić information content (AvgIpc) is 2.94. The van der Waals surface area contributed by atoms with Crippen LogP contribution in [0.1, 0.15) is 24.0 Å². The number of allylic oxidation sites excluding steroid dienone is 2. The van der Waals surface area contributed by atoms with Gasteiger partial charge < -0.3 is 9.64 Å². The number of rotatable bonds is 2. The lowest BCUT2D eigenvalue weighted by atomic mass is 9.78. The number of alkyl halides is 5. The van der Waals surface area contributed by atoms with Gasteiger partial charge in [0.2, 0.25) is 0 Å². The molecule has 3 heterocycles. The molecule has 1 aromatic rings. The van der Waals surface area contributed by atoms with Gasteiger partial charge >= 0.3 is 12.8 Å². The third kappa shape index (κ3) is 3.07. The molecule has 0 aromatic carbocycles. The summed E-state index contributed by atoms with van der Waals surface area (Å²) >= 11 is 6.17. The van der Waals surface area contributed by atoms with Crippen molar-refractivity contribution in [1.29, 1.82) is 0 Å². The second kappa shape index (κ2) is 6.19. The number of nitrogens with zero attached hydrogens (tertiary/aromatic N) is 3. The predicted molar refractivity (Wildman–Crippen MR) is 87.3 cm³/mol. The third-order valence-corrected chi connectivity index (χ3v) is 5.22. The molecule has 0 unspecified atom stereocenters. The molecule has 0 bridgehead atoms. The van der Waals surface area contributed by atoms with E-state index < -0.39 is 29.7 Å². The SMILES string of the molecule is FC(F)OC1=CC(C(F)(F)F)=CN2C[C@@]3(CCCc4c3ccnc4Cl)N=C12. The number of aromatic nitrogens is 1. The molecule has 144 valence electrons. The highest BCUT2D eigenvalue weighted by atomic mass is 35.5. The summed E-state index contributed by atoms with van der Waals surface area (Å²) in [6, 6.07) is 1.73. The van der Waals surface area contributed by atoms with Gasteiger partial charge in [0.15, 0.2) is 11.6 Å². The first-order valence-electron chi connectivity index (χ1n) is 8.16. The number of amidine groups is 1. The van der Waals surface area contributed by atoms with E-state index >= 15 is 0 Å². The minimum atomic E-state index is -4.70. The number of fused-ring (bicyclic) bond motifs is 3. The lowest BCUT2D eigenvalue weighted by Crippen LogP contribution is -2.36. The van der Waals surface area contributed by atoms with Gasteiger partial charge in [-0.25, -0.2) is 4.98 Å². The van der Waals surface area contributed by atoms with Crippen LogP contribution in [0.5, 0.6) is 0 Å². The fraction of sp³-hybridized carbons (Fsp3) is 0.412. The highest BCUT2D eigenvalue weighted by Crippen LogP contribution is 2.46. The molecular formula is C17H13ClF5N3O. The lowest BCUT2D eigenvalue weighted by Gasteiger charge is -2.34. The van der Waals surface area contributed by atoms with Crippen molar-refractivity contribution in [2.45, 2.75) is 37.6 Å². The van der Waals surface area contributed by atoms with Crippen LogP contribution < -0.4 is 0 Å². The maximum Gasteiger partial charge on any atom is 0.417 e. The van der Waals surface area contributed by atoms with Crippen molar-refractivity contribution >= 4 is 17.4 Å². The molecule has 1 aliphatic carbocycles. The first-order valence-corrected chi connectivity index (χ1v) is 8.54. The van der Waals surface area contributed by atoms with E-state index in [1.807, 2.05) is 0 Å². The number of ether oxygens (including phenoxy) is 1. The molecule has 3 aliphatic rings. The van der Waals surface area contributed by atoms with Crippen LogP contribution in [0.15, 0.2) is 40.9 Å². The number of halogens is 6. The van der Waals surface area contributed by atoms with E-state index in [-0.39, 0.29) is 12.4 Å². The monoisotopic (exact) mass is 405 g/mol. The van der Waals surface area contributed by atoms with Crippen LogP contribution in [-0.4, -0.2) is 35.1 Å². The van der Waals surface area contributed by atoms with E-state index in [1.165, 1.54) is 11.1 Å². The molecule has 0 N–H and O–H groups in total. The molecule has 4 rings (SSSR count). The first-order chi connectivity index (χ1) is 12.7. The van der Waals surface area contributed by atoms with Crippen molar-refractivity contribution in [2.24, 2.45) is 4.99 Å². The number of hydrogen-bond acceptors (Lipinski definition) is 4. The second-order valence-electron chi connectivity index (χ2n) is 6.55. The van der Waals surface area contributed by atoms with Crippen LogP contribution in [0.25, 0.3) is 0 Å². The zero-order valence-electron chi connectivity index (χ0n) is 13.7. The van der Waals surface area contributed by atoms with Gasteiger partial charge in [-0.2, -0.15) is 22.0 Å². The van der Waals surface area contributed by atoms with Gasteiger partial charge in [0, 0.05) is 12.4 Å². The maximum absolute atomic E-state index is 13.2. The molecule has 2 aliphatic heterocycles. The van der Waals surface area contributed by atoms with Gasteiger partial charge in [-0.15, -0.1) is 0 Å². The summed E-state index contributed by atoms with van der Waals surface area (Å²) in [5, 5.41) is 0.322. The highest BCUT2D eigenvalue weighted by Gasteiger charge is 2.48. The molecule has 27 heavy (non-hydrogen) atoms. The van der Waals surface area contributed by atoms with Crippen molar-refractivity contribution in [3.63, 3.8) is 0 Å². The molecule has 0 saturated heterocycles. The Bertz CT molecular complexity index is 880. The summed E-state index contributed by atoms with van der Waals surface area (Å²) in [7, 11) is 0. The van der Waals surface area contributed by atoms with Crippen LogP contribution in [0.2, 0.25) is 5.15 Å². The second-order valence-corrected chi connectivity index (χ2v) is 6.90. The van der Waals surface area contributed by atoms with E-state index in [4.69, 9.17) is 11.6 Å². The van der Waals surface area contributed by atoms with E-state index in [1.54, 1.807) is 6.07 Å². The van der Waals surface area contributed by atoms with Crippen molar-refractivity contribution in [3.05, 3.63) is 52.2 Å². The average molecular weight is 406 g/mol. The molecular weight excluding hydrogens is 393 g/mol. The lowest BCUT2D eigenvalue weighted by molar-refractivity contribution is -0.0981. The first kappa shape index (κ1) is 18.2. The molecule has 0 amide bonds. The molecule has 0 saturated carbocycles. The summed E-state index contributed by atoms with van der Waals surface area (Å²) in [5.41, 5.74) is -0.403. The Balaban J connectivity index is 1.82. The van der Waals surface area contributed by atoms with E-state index in [0.29, 0.717) is 30.5 Å². The topological polar surface area (TPSA) is 37.7 Å². The Morgan fingerprint density at radius 1 is 1.30 bits per heavy atom. The fourth-order valence-corrected chi connectivity index (χ4v) is 4.08. The number of hydrogen-bond donors (Lipinski definition) is 0. The van der Waals surface area contributed by atoms with Crippen molar-refractivity contribution in [1.82, 2.24) is 9.88 Å². The summed E-state index contributed by atoms with van der Waals surface area (Å²) < 4.78 is 69.4. The van der Waals surface area contributed by atoms with Crippen LogP contribution in [0.4, 0.5) is 22.0 Å². The van der Waals surface area contributed by atoms with E-state index in [0.717, 1.165) is 17.3 Å². The van der Waals surface area contributed by atoms with Gasteiger partial charge in [0.05, 0.1) is 12.1 Å². The van der Waals surface area contributed by atoms with Crippen molar-refractivity contribution in [2.75, 3.05) is 6.54 Å². The Labute approximate surface area is 156 Å². The Kier molecular flexibility index (Phi) is 4.17. The maximum atomic E-state index is 13.2. The Hall–Kier alpha value is -2.16. The molecule has 0 radical (unpaired) electrons. The van der Waals surface area contributed by atoms with Crippen molar-refractivity contribution in [3.8, 4) is 0 Å². The largest absolute Gasteiger partial charge is 0.431 e. The zero-order valence-corrected chi connectivity index (χ0v) is 14.5. The Morgan fingerprint density at radius 3 is 2.78 bits per heavy atom. The van der Waals surface area contributed by atoms with Crippen LogP contribution in [-0.2, 0) is 16.7 Å². The van der Waals surface area contributed by atoms with E-state index in [2.05, 4.69) is 14.7 Å². The highest BCUT2D eigenvalue weighted by molar-refractivity contribution is 6.30. The minimum absolute atomic E-state index is 0.0379. The van der Waals surface area contributed by atoms with E-state index in [9.17, 15) is 22.0 Å². The van der Waals surface area contributed by atoms with Gasteiger partial charge in [-0.1, -0.05) is 11.6 Å². The molecule has 1 spiro atoms. The van der Waals surface area contributed by atoms with Crippen LogP contribution in [0, 0.1) is 0 Å². The molecule has 1 aromatic heterocycles. The summed E-state index contributed by atoms with van der Waals surface area (Å²) in [6.07, 6.45) is 0.178. The summed E-state index contributed by atoms with van der Waals surface area (Å²) in [6.45, 7) is -3.18. The molecule has 0 fully saturated rings. The smallest absolute Gasteiger partial charge is 0.417 e. The molecule has 4 nitrogen and oxygen atoms in total. The van der Waals surface area contributed by atoms with Gasteiger partial charge in [-0.05, 0) is 42.5 Å². The normalized spacial score (nSPS) is 24.4. The van der Waals surface area contributed by atoms with Gasteiger partial charge in [-0.3, -0.25) is 4.99 Å². The Morgan fingerprint density at radius 2 is 2.07 bits per heavy atom. The van der Waals surface area contributed by atoms with Crippen LogP contribution >= 0.6 is 11.6 Å². The fourth-order valence-electron chi connectivity index (χ4n) is 3.82. The number of aliphatic imine (C=N–C) groups is 1. The van der Waals surface area contributed by atoms with Gasteiger partial charge in [0.1, 0.15) is 10.7 Å². The van der Waals surface area contributed by atoms with Crippen molar-refractivity contribution < 1.29 is 26.7 Å². The van der Waals surface area contributed by atoms with Gasteiger partial charge in [0.25, 0.3) is 0 Å². The summed E-state index contributed by atoms with van der Waals surface area (Å²) in [5.74, 6) is -0.631. The quantitative estimate of drug-likeness (QED) is 0.534. The minimum Gasteiger partial charge on any atom is -0.431 e. The zero-order chi connectivity index (χ0) is 19.4. The summed E-state index contributed by atoms with van der Waals surface area (Å²) in [4.78, 5) is 9.82. The molecule has 10 heteroatoms. The van der Waals surface area contributed by atoms with Crippen LogP contribution in [0.3, 0.4) is 0 Å². The molecule has 1 atom stereocenters. The third-order valence-electron chi connectivity index (χ3n) is 4.89. The predicted octanol–water partition coefficient (Wildman–Crippen LogP) is 4.56. The standard InChI is InChI=1S/C17H13ClF5N3O/c18-13-10-2-1-4-16(11(10)3-5-24-13)8-26-7-9(17(21,22)23)6-12(14(26)25-16)27-15(19)20/h3,5-7,15H,1-2,4,8H2/t16-/m1/s1. The number of pyridine rings is 1.